The quantitative estimate of drug-likeness (QED) is 0.826. The molecule has 2 rings (SSSR count). The number of pyridine rings is 1. The third-order valence-corrected chi connectivity index (χ3v) is 2.92. The molecular formula is C15H21N3O. The van der Waals surface area contributed by atoms with E-state index in [0.717, 1.165) is 43.5 Å². The molecule has 19 heavy (non-hydrogen) atoms. The molecule has 0 atom stereocenters. The van der Waals surface area contributed by atoms with Gasteiger partial charge in [-0.3, -0.25) is 0 Å². The van der Waals surface area contributed by atoms with Crippen LogP contribution in [-0.2, 0) is 6.54 Å². The first kappa shape index (κ1) is 13.5. The normalized spacial score (nSPS) is 10.4. The molecule has 0 fully saturated rings. The number of furan rings is 1. The van der Waals surface area contributed by atoms with Crippen molar-refractivity contribution < 1.29 is 4.42 Å². The summed E-state index contributed by atoms with van der Waals surface area (Å²) >= 11 is 0. The average molecular weight is 259 g/mol. The molecule has 0 spiro atoms. The highest BCUT2D eigenvalue weighted by Crippen LogP contribution is 2.17. The summed E-state index contributed by atoms with van der Waals surface area (Å²) in [4.78, 5) is 6.83. The van der Waals surface area contributed by atoms with Crippen LogP contribution in [0.4, 0.5) is 11.6 Å². The van der Waals surface area contributed by atoms with Crippen molar-refractivity contribution in [3.63, 3.8) is 0 Å². The van der Waals surface area contributed by atoms with Gasteiger partial charge in [0.05, 0.1) is 12.8 Å². The van der Waals surface area contributed by atoms with Gasteiger partial charge in [-0.05, 0) is 37.6 Å². The summed E-state index contributed by atoms with van der Waals surface area (Å²) in [6.07, 6.45) is 2.80. The zero-order valence-electron chi connectivity index (χ0n) is 11.6. The second-order valence-corrected chi connectivity index (χ2v) is 4.40. The highest BCUT2D eigenvalue weighted by Gasteiger charge is 2.08. The Hall–Kier alpha value is -1.97. The molecule has 0 unspecified atom stereocenters. The van der Waals surface area contributed by atoms with Gasteiger partial charge < -0.3 is 14.6 Å². The van der Waals surface area contributed by atoms with Crippen LogP contribution >= 0.6 is 0 Å². The van der Waals surface area contributed by atoms with E-state index in [9.17, 15) is 0 Å². The van der Waals surface area contributed by atoms with E-state index in [1.54, 1.807) is 6.26 Å². The summed E-state index contributed by atoms with van der Waals surface area (Å²) in [6, 6.07) is 9.96. The fourth-order valence-corrected chi connectivity index (χ4v) is 1.90. The number of hydrogen-bond donors (Lipinski definition) is 1. The summed E-state index contributed by atoms with van der Waals surface area (Å²) < 4.78 is 5.40. The SMILES string of the molecule is CCCNc1cccc(N(CC)Cc2ccco2)n1. The van der Waals surface area contributed by atoms with Crippen LogP contribution in [0.5, 0.6) is 0 Å². The summed E-state index contributed by atoms with van der Waals surface area (Å²) in [5.74, 6) is 2.85. The zero-order chi connectivity index (χ0) is 13.5. The van der Waals surface area contributed by atoms with E-state index in [4.69, 9.17) is 4.42 Å². The predicted molar refractivity (Wildman–Crippen MR) is 78.4 cm³/mol. The second kappa shape index (κ2) is 6.83. The van der Waals surface area contributed by atoms with Gasteiger partial charge in [0.15, 0.2) is 0 Å². The molecule has 0 aliphatic rings. The van der Waals surface area contributed by atoms with Crippen molar-refractivity contribution in [1.82, 2.24) is 4.98 Å². The first-order valence-electron chi connectivity index (χ1n) is 6.81. The number of aromatic nitrogens is 1. The van der Waals surface area contributed by atoms with Gasteiger partial charge in [0, 0.05) is 13.1 Å². The topological polar surface area (TPSA) is 41.3 Å². The number of rotatable bonds is 7. The van der Waals surface area contributed by atoms with E-state index in [0.29, 0.717) is 0 Å². The van der Waals surface area contributed by atoms with E-state index < -0.39 is 0 Å². The Morgan fingerprint density at radius 1 is 1.21 bits per heavy atom. The van der Waals surface area contributed by atoms with Gasteiger partial charge in [0.2, 0.25) is 0 Å². The van der Waals surface area contributed by atoms with Crippen LogP contribution in [0.2, 0.25) is 0 Å². The highest BCUT2D eigenvalue weighted by atomic mass is 16.3. The Morgan fingerprint density at radius 3 is 2.79 bits per heavy atom. The minimum atomic E-state index is 0.744. The van der Waals surface area contributed by atoms with Crippen molar-refractivity contribution in [2.24, 2.45) is 0 Å². The van der Waals surface area contributed by atoms with Gasteiger partial charge in [-0.25, -0.2) is 4.98 Å². The standard InChI is InChI=1S/C15H21N3O/c1-3-10-16-14-8-5-9-15(17-14)18(4-2)12-13-7-6-11-19-13/h5-9,11H,3-4,10,12H2,1-2H3,(H,16,17). The first-order chi connectivity index (χ1) is 9.33. The molecule has 0 aliphatic heterocycles. The van der Waals surface area contributed by atoms with E-state index >= 15 is 0 Å². The largest absolute Gasteiger partial charge is 0.467 e. The number of hydrogen-bond acceptors (Lipinski definition) is 4. The van der Waals surface area contributed by atoms with Crippen LogP contribution in [0.1, 0.15) is 26.0 Å². The Morgan fingerprint density at radius 2 is 2.11 bits per heavy atom. The molecule has 2 heterocycles. The number of nitrogens with one attached hydrogen (secondary N) is 1. The maximum Gasteiger partial charge on any atom is 0.131 e. The second-order valence-electron chi connectivity index (χ2n) is 4.40. The van der Waals surface area contributed by atoms with Crippen LogP contribution in [0.15, 0.2) is 41.0 Å². The van der Waals surface area contributed by atoms with Crippen molar-refractivity contribution in [2.75, 3.05) is 23.3 Å². The monoisotopic (exact) mass is 259 g/mol. The maximum absolute atomic E-state index is 5.40. The summed E-state index contributed by atoms with van der Waals surface area (Å²) in [5, 5.41) is 3.31. The van der Waals surface area contributed by atoms with Crippen molar-refractivity contribution in [3.8, 4) is 0 Å². The zero-order valence-corrected chi connectivity index (χ0v) is 11.6. The van der Waals surface area contributed by atoms with E-state index in [1.165, 1.54) is 0 Å². The molecule has 1 N–H and O–H groups in total. The molecule has 0 aliphatic carbocycles. The fraction of sp³-hybridized carbons (Fsp3) is 0.400. The molecule has 0 saturated carbocycles. The van der Waals surface area contributed by atoms with Crippen LogP contribution in [-0.4, -0.2) is 18.1 Å². The number of nitrogens with zero attached hydrogens (tertiary/aromatic N) is 2. The van der Waals surface area contributed by atoms with Crippen molar-refractivity contribution in [3.05, 3.63) is 42.4 Å². The van der Waals surface area contributed by atoms with Crippen LogP contribution < -0.4 is 10.2 Å². The van der Waals surface area contributed by atoms with Gasteiger partial charge in [0.1, 0.15) is 17.4 Å². The van der Waals surface area contributed by atoms with Gasteiger partial charge in [-0.15, -0.1) is 0 Å². The molecule has 0 aromatic carbocycles. The summed E-state index contributed by atoms with van der Waals surface area (Å²) in [6.45, 7) is 6.85. The Kier molecular flexibility index (Phi) is 4.84. The summed E-state index contributed by atoms with van der Waals surface area (Å²) in [7, 11) is 0. The molecule has 2 aromatic rings. The fourth-order valence-electron chi connectivity index (χ4n) is 1.90. The van der Waals surface area contributed by atoms with Crippen molar-refractivity contribution >= 4 is 11.6 Å². The van der Waals surface area contributed by atoms with E-state index in [1.807, 2.05) is 30.3 Å². The Bertz CT molecular complexity index is 482. The lowest BCUT2D eigenvalue weighted by Gasteiger charge is -2.21. The van der Waals surface area contributed by atoms with Crippen LogP contribution in [0, 0.1) is 0 Å². The molecule has 0 amide bonds. The van der Waals surface area contributed by atoms with E-state index in [2.05, 4.69) is 29.0 Å². The van der Waals surface area contributed by atoms with Gasteiger partial charge >= 0.3 is 0 Å². The van der Waals surface area contributed by atoms with E-state index in [-0.39, 0.29) is 0 Å². The number of anilines is 2. The van der Waals surface area contributed by atoms with Crippen molar-refractivity contribution in [2.45, 2.75) is 26.8 Å². The highest BCUT2D eigenvalue weighted by molar-refractivity contribution is 5.47. The molecule has 4 nitrogen and oxygen atoms in total. The Balaban J connectivity index is 2.09. The molecule has 0 saturated heterocycles. The predicted octanol–water partition coefficient (Wildman–Crippen LogP) is 3.52. The van der Waals surface area contributed by atoms with Crippen LogP contribution in [0.3, 0.4) is 0 Å². The Labute approximate surface area is 114 Å². The molecule has 0 bridgehead atoms. The first-order valence-corrected chi connectivity index (χ1v) is 6.81. The molecule has 0 radical (unpaired) electrons. The van der Waals surface area contributed by atoms with Gasteiger partial charge in [-0.2, -0.15) is 0 Å². The lowest BCUT2D eigenvalue weighted by atomic mass is 10.3. The van der Waals surface area contributed by atoms with Gasteiger partial charge in [0.25, 0.3) is 0 Å². The third kappa shape index (κ3) is 3.74. The maximum atomic E-state index is 5.40. The lowest BCUT2D eigenvalue weighted by molar-refractivity contribution is 0.503. The minimum Gasteiger partial charge on any atom is -0.467 e. The van der Waals surface area contributed by atoms with Gasteiger partial charge in [-0.1, -0.05) is 13.0 Å². The lowest BCUT2D eigenvalue weighted by Crippen LogP contribution is -2.23. The third-order valence-electron chi connectivity index (χ3n) is 2.92. The molecule has 4 heteroatoms. The van der Waals surface area contributed by atoms with Crippen molar-refractivity contribution in [1.29, 1.82) is 0 Å². The summed E-state index contributed by atoms with van der Waals surface area (Å²) in [5.41, 5.74) is 0. The van der Waals surface area contributed by atoms with Crippen LogP contribution in [0.25, 0.3) is 0 Å². The molecule has 102 valence electrons. The smallest absolute Gasteiger partial charge is 0.131 e. The average Bonchev–Trinajstić information content (AvgIpc) is 2.96. The minimum absolute atomic E-state index is 0.744. The molecule has 2 aromatic heterocycles. The molecular weight excluding hydrogens is 238 g/mol.